The fraction of sp³-hybridized carbons (Fsp3) is 0.700. The molecule has 2 bridgehead atoms. The first kappa shape index (κ1) is 18.1. The van der Waals surface area contributed by atoms with E-state index in [1.807, 2.05) is 6.20 Å². The number of hydrogen-bond acceptors (Lipinski definition) is 5. The second kappa shape index (κ2) is 7.04. The number of ether oxygens (including phenoxy) is 1. The maximum absolute atomic E-state index is 12.1. The molecule has 1 aromatic rings. The van der Waals surface area contributed by atoms with Crippen LogP contribution in [0.4, 0.5) is 5.82 Å². The number of carbonyl (C=O) groups excluding carboxylic acids is 1. The van der Waals surface area contributed by atoms with Gasteiger partial charge in [-0.15, -0.1) is 11.8 Å². The van der Waals surface area contributed by atoms with Gasteiger partial charge < -0.3 is 15.0 Å². The molecular formula is C20H29N3O2S. The van der Waals surface area contributed by atoms with Crippen molar-refractivity contribution in [3.63, 3.8) is 0 Å². The van der Waals surface area contributed by atoms with Gasteiger partial charge in [0.1, 0.15) is 5.82 Å². The zero-order valence-electron chi connectivity index (χ0n) is 15.9. The van der Waals surface area contributed by atoms with Crippen LogP contribution in [0.1, 0.15) is 32.3 Å². The first-order valence-electron chi connectivity index (χ1n) is 9.70. The van der Waals surface area contributed by atoms with E-state index in [9.17, 15) is 4.79 Å². The summed E-state index contributed by atoms with van der Waals surface area (Å²) in [6.07, 6.45) is 4.50. The molecule has 4 rings (SSSR count). The molecule has 3 saturated heterocycles. The Bertz CT molecular complexity index is 666. The van der Waals surface area contributed by atoms with Gasteiger partial charge in [-0.2, -0.15) is 0 Å². The molecule has 0 aromatic carbocycles. The zero-order chi connectivity index (χ0) is 18.3. The van der Waals surface area contributed by atoms with Crippen molar-refractivity contribution in [3.8, 4) is 0 Å². The highest BCUT2D eigenvalue weighted by Gasteiger charge is 2.63. The number of rotatable bonds is 6. The van der Waals surface area contributed by atoms with Crippen LogP contribution in [-0.4, -0.2) is 53.2 Å². The molecule has 1 spiro atoms. The lowest BCUT2D eigenvalue weighted by atomic mass is 9.73. The Morgan fingerprint density at radius 1 is 1.50 bits per heavy atom. The third kappa shape index (κ3) is 3.33. The number of anilines is 1. The summed E-state index contributed by atoms with van der Waals surface area (Å²) in [7, 11) is 0. The van der Waals surface area contributed by atoms with Crippen molar-refractivity contribution < 1.29 is 9.53 Å². The maximum Gasteiger partial charge on any atom is 0.230 e. The highest BCUT2D eigenvalue weighted by atomic mass is 32.2. The molecule has 6 heteroatoms. The Labute approximate surface area is 160 Å². The van der Waals surface area contributed by atoms with Crippen molar-refractivity contribution >= 4 is 23.5 Å². The van der Waals surface area contributed by atoms with E-state index in [1.54, 1.807) is 11.8 Å². The third-order valence-electron chi connectivity index (χ3n) is 6.09. The van der Waals surface area contributed by atoms with Crippen LogP contribution in [0, 0.1) is 18.8 Å². The summed E-state index contributed by atoms with van der Waals surface area (Å²) in [5.41, 5.74) is 1.16. The van der Waals surface area contributed by atoms with Crippen molar-refractivity contribution in [2.24, 2.45) is 11.8 Å². The number of hydrogen-bond donors (Lipinski definition) is 1. The van der Waals surface area contributed by atoms with Crippen molar-refractivity contribution in [1.82, 2.24) is 10.3 Å². The second-order valence-corrected chi connectivity index (χ2v) is 9.83. The zero-order valence-corrected chi connectivity index (χ0v) is 16.7. The van der Waals surface area contributed by atoms with Gasteiger partial charge >= 0.3 is 0 Å². The molecule has 1 amide bonds. The first-order valence-corrected chi connectivity index (χ1v) is 10.8. The van der Waals surface area contributed by atoms with Crippen LogP contribution < -0.4 is 10.2 Å². The minimum atomic E-state index is -0.0285. The van der Waals surface area contributed by atoms with E-state index >= 15 is 0 Å². The summed E-state index contributed by atoms with van der Waals surface area (Å²) >= 11 is 1.69. The first-order chi connectivity index (χ1) is 12.5. The lowest BCUT2D eigenvalue weighted by molar-refractivity contribution is -0.118. The quantitative estimate of drug-likeness (QED) is 0.828. The van der Waals surface area contributed by atoms with Crippen molar-refractivity contribution in [2.45, 2.75) is 50.6 Å². The second-order valence-electron chi connectivity index (χ2n) is 8.27. The normalized spacial score (nSPS) is 32.3. The van der Waals surface area contributed by atoms with E-state index in [0.29, 0.717) is 28.9 Å². The van der Waals surface area contributed by atoms with Crippen LogP contribution in [0.15, 0.2) is 18.3 Å². The van der Waals surface area contributed by atoms with Crippen molar-refractivity contribution in [1.29, 1.82) is 0 Å². The highest BCUT2D eigenvalue weighted by Crippen LogP contribution is 2.55. The molecular weight excluding hydrogens is 346 g/mol. The van der Waals surface area contributed by atoms with Crippen LogP contribution in [0.2, 0.25) is 0 Å². The summed E-state index contributed by atoms with van der Waals surface area (Å²) < 4.78 is 6.48. The standard InChI is InChI=1S/C20H29N3O2S/c1-13(2)26-11-19(24)22-9-15-16-10-23(18-5-4-14(3)8-21-18)12-20(16)7-6-17(15)25-20/h4-5,8,13,15-17H,6-7,9-12H2,1-3H3,(H,22,24)/t15-,16+,17+,20+/m0/s1. The van der Waals surface area contributed by atoms with Gasteiger partial charge in [-0.3, -0.25) is 4.79 Å². The topological polar surface area (TPSA) is 54.5 Å². The van der Waals surface area contributed by atoms with E-state index in [2.05, 4.69) is 48.1 Å². The van der Waals surface area contributed by atoms with E-state index in [1.165, 1.54) is 5.56 Å². The van der Waals surface area contributed by atoms with Crippen LogP contribution in [0.25, 0.3) is 0 Å². The Hall–Kier alpha value is -1.27. The lowest BCUT2D eigenvalue weighted by Crippen LogP contribution is -2.42. The van der Waals surface area contributed by atoms with Crippen LogP contribution in [0.5, 0.6) is 0 Å². The van der Waals surface area contributed by atoms with Gasteiger partial charge in [-0.25, -0.2) is 4.98 Å². The number of pyridine rings is 1. The van der Waals surface area contributed by atoms with Gasteiger partial charge in [0.2, 0.25) is 5.91 Å². The number of aromatic nitrogens is 1. The predicted octanol–water partition coefficient (Wildman–Crippen LogP) is 2.63. The Morgan fingerprint density at radius 3 is 3.08 bits per heavy atom. The summed E-state index contributed by atoms with van der Waals surface area (Å²) in [5, 5.41) is 3.65. The molecule has 26 heavy (non-hydrogen) atoms. The van der Waals surface area contributed by atoms with Crippen LogP contribution >= 0.6 is 11.8 Å². The van der Waals surface area contributed by atoms with Gasteiger partial charge in [0, 0.05) is 37.7 Å². The molecule has 5 nitrogen and oxygen atoms in total. The van der Waals surface area contributed by atoms with Gasteiger partial charge in [-0.05, 0) is 36.6 Å². The Kier molecular flexibility index (Phi) is 4.90. The molecule has 1 N–H and O–H groups in total. The SMILES string of the molecule is Cc1ccc(N2C[C@@H]3[C@H](CNC(=O)CSC(C)C)[C@H]4CC[C@]3(C2)O4)nc1. The Balaban J connectivity index is 1.40. The van der Waals surface area contributed by atoms with Gasteiger partial charge in [0.25, 0.3) is 0 Å². The molecule has 4 atom stereocenters. The number of thioether (sulfide) groups is 1. The predicted molar refractivity (Wildman–Crippen MR) is 106 cm³/mol. The fourth-order valence-electron chi connectivity index (χ4n) is 4.81. The number of aryl methyl sites for hydroxylation is 1. The van der Waals surface area contributed by atoms with Crippen molar-refractivity contribution in [2.75, 3.05) is 30.3 Å². The molecule has 1 aromatic heterocycles. The molecule has 3 fully saturated rings. The molecule has 0 radical (unpaired) electrons. The molecule has 0 unspecified atom stereocenters. The Morgan fingerprint density at radius 2 is 2.35 bits per heavy atom. The smallest absolute Gasteiger partial charge is 0.230 e. The fourth-order valence-corrected chi connectivity index (χ4v) is 5.40. The molecule has 0 aliphatic carbocycles. The number of fused-ring (bicyclic) bond motifs is 1. The van der Waals surface area contributed by atoms with Gasteiger partial charge in [-0.1, -0.05) is 19.9 Å². The van der Waals surface area contributed by atoms with E-state index in [4.69, 9.17) is 4.74 Å². The number of carbonyl (C=O) groups is 1. The van der Waals surface area contributed by atoms with E-state index in [0.717, 1.165) is 38.3 Å². The summed E-state index contributed by atoms with van der Waals surface area (Å²) in [4.78, 5) is 19.1. The third-order valence-corrected chi connectivity index (χ3v) is 7.18. The highest BCUT2D eigenvalue weighted by molar-refractivity contribution is 8.00. The van der Waals surface area contributed by atoms with E-state index in [-0.39, 0.29) is 11.5 Å². The average Bonchev–Trinajstić information content (AvgIpc) is 3.27. The van der Waals surface area contributed by atoms with Crippen molar-refractivity contribution in [3.05, 3.63) is 23.9 Å². The summed E-state index contributed by atoms with van der Waals surface area (Å²) in [6.45, 7) is 8.96. The summed E-state index contributed by atoms with van der Waals surface area (Å²) in [6, 6.07) is 4.23. The average molecular weight is 376 g/mol. The summed E-state index contributed by atoms with van der Waals surface area (Å²) in [5.74, 6) is 2.65. The number of nitrogens with zero attached hydrogens (tertiary/aromatic N) is 2. The number of nitrogens with one attached hydrogen (secondary N) is 1. The van der Waals surface area contributed by atoms with Crippen LogP contribution in [-0.2, 0) is 9.53 Å². The van der Waals surface area contributed by atoms with Gasteiger partial charge in [0.15, 0.2) is 0 Å². The molecule has 3 aliphatic heterocycles. The largest absolute Gasteiger partial charge is 0.369 e. The van der Waals surface area contributed by atoms with Crippen LogP contribution in [0.3, 0.4) is 0 Å². The molecule has 142 valence electrons. The number of amides is 1. The lowest BCUT2D eigenvalue weighted by Gasteiger charge is -2.29. The molecule has 3 aliphatic rings. The molecule has 0 saturated carbocycles. The maximum atomic E-state index is 12.1. The monoisotopic (exact) mass is 375 g/mol. The minimum Gasteiger partial charge on any atom is -0.369 e. The van der Waals surface area contributed by atoms with E-state index < -0.39 is 0 Å². The minimum absolute atomic E-state index is 0.0285. The molecule has 4 heterocycles. The van der Waals surface area contributed by atoms with Gasteiger partial charge in [0.05, 0.1) is 17.5 Å².